The Morgan fingerprint density at radius 3 is 2.87 bits per heavy atom. The van der Waals surface area contributed by atoms with Gasteiger partial charge in [0.05, 0.1) is 0 Å². The molecule has 4 heteroatoms. The number of carbonyl (C=O) groups is 2. The summed E-state index contributed by atoms with van der Waals surface area (Å²) in [4.78, 5) is 24.4. The van der Waals surface area contributed by atoms with Gasteiger partial charge in [-0.15, -0.1) is 0 Å². The first-order valence-corrected chi connectivity index (χ1v) is 5.83. The lowest BCUT2D eigenvalue weighted by molar-refractivity contribution is -0.127. The Kier molecular flexibility index (Phi) is 3.23. The van der Waals surface area contributed by atoms with Crippen LogP contribution in [0.15, 0.2) is 0 Å². The second kappa shape index (κ2) is 4.64. The third-order valence-electron chi connectivity index (χ3n) is 3.02. The van der Waals surface area contributed by atoms with Crippen LogP contribution < -0.4 is 5.32 Å². The molecule has 0 atom stereocenters. The molecular weight excluding hydrogens is 192 g/mol. The summed E-state index contributed by atoms with van der Waals surface area (Å²) in [5.41, 5.74) is 0. The van der Waals surface area contributed by atoms with E-state index in [0.29, 0.717) is 18.9 Å². The molecule has 0 aromatic carbocycles. The minimum atomic E-state index is 0.197. The van der Waals surface area contributed by atoms with E-state index in [1.165, 1.54) is 0 Å². The van der Waals surface area contributed by atoms with Gasteiger partial charge in [-0.25, -0.2) is 0 Å². The summed E-state index contributed by atoms with van der Waals surface area (Å²) in [6.45, 7) is 2.40. The molecule has 1 aliphatic carbocycles. The van der Waals surface area contributed by atoms with Crippen LogP contribution in [0.5, 0.6) is 0 Å². The van der Waals surface area contributed by atoms with E-state index < -0.39 is 0 Å². The van der Waals surface area contributed by atoms with Gasteiger partial charge in [0.2, 0.25) is 11.8 Å². The molecule has 0 unspecified atom stereocenters. The molecular formula is C11H18N2O2. The van der Waals surface area contributed by atoms with Crippen molar-refractivity contribution in [1.82, 2.24) is 10.2 Å². The SMILES string of the molecule is O=C(NCCCN1CCCC1=O)C1CC1. The molecule has 1 saturated heterocycles. The molecule has 2 aliphatic rings. The molecule has 2 amide bonds. The molecule has 1 N–H and O–H groups in total. The van der Waals surface area contributed by atoms with Gasteiger partial charge < -0.3 is 10.2 Å². The summed E-state index contributed by atoms with van der Waals surface area (Å²) in [5.74, 6) is 0.754. The van der Waals surface area contributed by atoms with E-state index in [2.05, 4.69) is 5.32 Å². The number of amides is 2. The zero-order valence-electron chi connectivity index (χ0n) is 9.00. The van der Waals surface area contributed by atoms with Gasteiger partial charge in [-0.3, -0.25) is 9.59 Å². The summed E-state index contributed by atoms with van der Waals surface area (Å²) < 4.78 is 0. The Morgan fingerprint density at radius 2 is 2.27 bits per heavy atom. The molecule has 0 spiro atoms. The van der Waals surface area contributed by atoms with Crippen molar-refractivity contribution in [1.29, 1.82) is 0 Å². The smallest absolute Gasteiger partial charge is 0.223 e. The maximum absolute atomic E-state index is 11.3. The molecule has 1 saturated carbocycles. The highest BCUT2D eigenvalue weighted by molar-refractivity contribution is 5.80. The second-order valence-electron chi connectivity index (χ2n) is 4.40. The molecule has 2 rings (SSSR count). The van der Waals surface area contributed by atoms with Crippen molar-refractivity contribution in [2.75, 3.05) is 19.6 Å². The highest BCUT2D eigenvalue weighted by Gasteiger charge is 2.29. The van der Waals surface area contributed by atoms with Crippen molar-refractivity contribution >= 4 is 11.8 Å². The van der Waals surface area contributed by atoms with E-state index in [9.17, 15) is 9.59 Å². The van der Waals surface area contributed by atoms with Crippen molar-refractivity contribution in [3.05, 3.63) is 0 Å². The molecule has 0 radical (unpaired) electrons. The predicted molar refractivity (Wildman–Crippen MR) is 56.2 cm³/mol. The van der Waals surface area contributed by atoms with E-state index in [1.807, 2.05) is 4.90 Å². The van der Waals surface area contributed by atoms with Crippen LogP contribution in [0.2, 0.25) is 0 Å². The molecule has 15 heavy (non-hydrogen) atoms. The lowest BCUT2D eigenvalue weighted by Crippen LogP contribution is -2.31. The molecule has 4 nitrogen and oxygen atoms in total. The van der Waals surface area contributed by atoms with E-state index in [-0.39, 0.29) is 11.8 Å². The predicted octanol–water partition coefficient (Wildman–Crippen LogP) is 0.525. The van der Waals surface area contributed by atoms with Crippen LogP contribution in [0.3, 0.4) is 0 Å². The average Bonchev–Trinajstić information content (AvgIpc) is 2.99. The highest BCUT2D eigenvalue weighted by Crippen LogP contribution is 2.28. The quantitative estimate of drug-likeness (QED) is 0.673. The second-order valence-corrected chi connectivity index (χ2v) is 4.40. The van der Waals surface area contributed by atoms with Crippen molar-refractivity contribution in [3.63, 3.8) is 0 Å². The first-order valence-electron chi connectivity index (χ1n) is 5.83. The van der Waals surface area contributed by atoms with Gasteiger partial charge in [-0.2, -0.15) is 0 Å². The van der Waals surface area contributed by atoms with Gasteiger partial charge in [0.25, 0.3) is 0 Å². The standard InChI is InChI=1S/C11H18N2O2/c14-10-3-1-7-13(10)8-2-6-12-11(15)9-4-5-9/h9H,1-8H2,(H,12,15). The normalized spacial score (nSPS) is 20.8. The average molecular weight is 210 g/mol. The zero-order chi connectivity index (χ0) is 10.7. The first kappa shape index (κ1) is 10.5. The Bertz CT molecular complexity index is 261. The number of carbonyl (C=O) groups excluding carboxylic acids is 2. The Labute approximate surface area is 90.0 Å². The molecule has 1 aliphatic heterocycles. The number of nitrogens with zero attached hydrogens (tertiary/aromatic N) is 1. The number of rotatable bonds is 5. The van der Waals surface area contributed by atoms with Gasteiger partial charge in [-0.05, 0) is 25.7 Å². The Morgan fingerprint density at radius 1 is 1.47 bits per heavy atom. The summed E-state index contributed by atoms with van der Waals surface area (Å²) in [7, 11) is 0. The fourth-order valence-corrected chi connectivity index (χ4v) is 1.91. The monoisotopic (exact) mass is 210 g/mol. The first-order chi connectivity index (χ1) is 7.27. The van der Waals surface area contributed by atoms with Gasteiger partial charge >= 0.3 is 0 Å². The van der Waals surface area contributed by atoms with Crippen molar-refractivity contribution in [2.45, 2.75) is 32.1 Å². The molecule has 2 fully saturated rings. The Balaban J connectivity index is 1.54. The maximum Gasteiger partial charge on any atom is 0.223 e. The fourth-order valence-electron chi connectivity index (χ4n) is 1.91. The van der Waals surface area contributed by atoms with Gasteiger partial charge in [0, 0.05) is 32.0 Å². The largest absolute Gasteiger partial charge is 0.356 e. The van der Waals surface area contributed by atoms with E-state index in [4.69, 9.17) is 0 Å². The lowest BCUT2D eigenvalue weighted by atomic mass is 10.3. The van der Waals surface area contributed by atoms with Crippen LogP contribution >= 0.6 is 0 Å². The van der Waals surface area contributed by atoms with Crippen LogP contribution in [0, 0.1) is 5.92 Å². The van der Waals surface area contributed by atoms with Crippen LogP contribution in [-0.2, 0) is 9.59 Å². The van der Waals surface area contributed by atoms with Crippen LogP contribution in [-0.4, -0.2) is 36.3 Å². The summed E-state index contributed by atoms with van der Waals surface area (Å²) in [6, 6.07) is 0. The summed E-state index contributed by atoms with van der Waals surface area (Å²) in [6.07, 6.45) is 4.68. The number of hydrogen-bond acceptors (Lipinski definition) is 2. The summed E-state index contributed by atoms with van der Waals surface area (Å²) >= 11 is 0. The highest BCUT2D eigenvalue weighted by atomic mass is 16.2. The molecule has 0 aromatic heterocycles. The van der Waals surface area contributed by atoms with Gasteiger partial charge in [0.15, 0.2) is 0 Å². The van der Waals surface area contributed by atoms with Crippen molar-refractivity contribution in [3.8, 4) is 0 Å². The maximum atomic E-state index is 11.3. The van der Waals surface area contributed by atoms with E-state index in [1.54, 1.807) is 0 Å². The minimum Gasteiger partial charge on any atom is -0.356 e. The lowest BCUT2D eigenvalue weighted by Gasteiger charge is -2.15. The zero-order valence-corrected chi connectivity index (χ0v) is 9.00. The number of likely N-dealkylation sites (tertiary alicyclic amines) is 1. The van der Waals surface area contributed by atoms with Crippen LogP contribution in [0.4, 0.5) is 0 Å². The third-order valence-corrected chi connectivity index (χ3v) is 3.02. The van der Waals surface area contributed by atoms with Gasteiger partial charge in [-0.1, -0.05) is 0 Å². The minimum absolute atomic E-state index is 0.197. The van der Waals surface area contributed by atoms with Crippen molar-refractivity contribution in [2.24, 2.45) is 5.92 Å². The van der Waals surface area contributed by atoms with Crippen LogP contribution in [0.25, 0.3) is 0 Å². The van der Waals surface area contributed by atoms with Crippen LogP contribution in [0.1, 0.15) is 32.1 Å². The number of hydrogen-bond donors (Lipinski definition) is 1. The molecule has 1 heterocycles. The molecule has 0 aromatic rings. The summed E-state index contributed by atoms with van der Waals surface area (Å²) in [5, 5.41) is 2.91. The Hall–Kier alpha value is -1.06. The molecule has 84 valence electrons. The van der Waals surface area contributed by atoms with Gasteiger partial charge in [0.1, 0.15) is 0 Å². The molecule has 0 bridgehead atoms. The van der Waals surface area contributed by atoms with E-state index >= 15 is 0 Å². The third kappa shape index (κ3) is 2.94. The fraction of sp³-hybridized carbons (Fsp3) is 0.818. The van der Waals surface area contributed by atoms with E-state index in [0.717, 1.165) is 38.8 Å². The topological polar surface area (TPSA) is 49.4 Å². The van der Waals surface area contributed by atoms with Crippen molar-refractivity contribution < 1.29 is 9.59 Å². The number of nitrogens with one attached hydrogen (secondary N) is 1.